The minimum Gasteiger partial charge on any atom is -0.475 e. The molecule has 1 fully saturated rings. The van der Waals surface area contributed by atoms with Gasteiger partial charge in [0.2, 0.25) is 5.82 Å². The highest BCUT2D eigenvalue weighted by Gasteiger charge is 2.35. The molecule has 1 aliphatic carbocycles. The minimum absolute atomic E-state index is 0.270. The van der Waals surface area contributed by atoms with Crippen LogP contribution in [0, 0.1) is 11.8 Å². The lowest BCUT2D eigenvalue weighted by Gasteiger charge is -2.39. The lowest BCUT2D eigenvalue weighted by molar-refractivity contribution is 0.0683. The van der Waals surface area contributed by atoms with Crippen molar-refractivity contribution in [2.75, 3.05) is 20.1 Å². The van der Waals surface area contributed by atoms with Crippen LogP contribution in [0.2, 0.25) is 0 Å². The third kappa shape index (κ3) is 2.07. The highest BCUT2D eigenvalue weighted by atomic mass is 32.1. The molecule has 3 heterocycles. The number of rotatable bonds is 1. The summed E-state index contributed by atoms with van der Waals surface area (Å²) in [6.45, 7) is 2.21. The summed E-state index contributed by atoms with van der Waals surface area (Å²) in [6.07, 6.45) is 3.06. The molecule has 0 spiro atoms. The molecule has 2 unspecified atom stereocenters. The van der Waals surface area contributed by atoms with Gasteiger partial charge in [0, 0.05) is 11.4 Å². The second kappa shape index (κ2) is 4.89. The van der Waals surface area contributed by atoms with Gasteiger partial charge in [-0.2, -0.15) is 0 Å². The number of fused-ring (bicyclic) bond motifs is 4. The van der Waals surface area contributed by atoms with Crippen molar-refractivity contribution in [3.8, 4) is 0 Å². The molecule has 6 nitrogen and oxygen atoms in total. The number of carboxylic acid groups (broad SMARTS) is 1. The predicted molar refractivity (Wildman–Crippen MR) is 83.7 cm³/mol. The number of hydrogen-bond donors (Lipinski definition) is 2. The van der Waals surface area contributed by atoms with Crippen LogP contribution in [-0.2, 0) is 12.8 Å². The van der Waals surface area contributed by atoms with Gasteiger partial charge in [-0.1, -0.05) is 0 Å². The van der Waals surface area contributed by atoms with E-state index >= 15 is 0 Å². The number of aromatic carboxylic acids is 1. The molecule has 22 heavy (non-hydrogen) atoms. The van der Waals surface area contributed by atoms with Crippen molar-refractivity contribution in [2.24, 2.45) is 11.8 Å². The van der Waals surface area contributed by atoms with Crippen LogP contribution in [0.5, 0.6) is 0 Å². The smallest absolute Gasteiger partial charge is 0.372 e. The molecule has 2 aliphatic rings. The van der Waals surface area contributed by atoms with Gasteiger partial charge in [0.1, 0.15) is 4.83 Å². The van der Waals surface area contributed by atoms with Crippen molar-refractivity contribution in [3.05, 3.63) is 26.6 Å². The van der Waals surface area contributed by atoms with Crippen molar-refractivity contribution >= 4 is 27.5 Å². The molecular formula is C15H17N3O3S. The molecule has 7 heteroatoms. The summed E-state index contributed by atoms with van der Waals surface area (Å²) >= 11 is 1.49. The van der Waals surface area contributed by atoms with Gasteiger partial charge in [-0.05, 0) is 50.3 Å². The first-order chi connectivity index (χ1) is 10.5. The number of aromatic amines is 1. The van der Waals surface area contributed by atoms with Crippen LogP contribution in [-0.4, -0.2) is 46.1 Å². The van der Waals surface area contributed by atoms with Crippen molar-refractivity contribution < 1.29 is 9.90 Å². The van der Waals surface area contributed by atoms with Crippen LogP contribution in [0.1, 0.15) is 27.5 Å². The monoisotopic (exact) mass is 319 g/mol. The number of thiophene rings is 1. The Bertz CT molecular complexity index is 825. The Hall–Kier alpha value is -1.73. The molecule has 2 aromatic rings. The third-order valence-electron chi connectivity index (χ3n) is 4.96. The summed E-state index contributed by atoms with van der Waals surface area (Å²) in [5, 5.41) is 9.65. The van der Waals surface area contributed by atoms with E-state index in [0.717, 1.165) is 37.9 Å². The number of carbonyl (C=O) groups is 1. The zero-order chi connectivity index (χ0) is 15.4. The number of piperidine rings is 1. The maximum atomic E-state index is 12.3. The highest BCUT2D eigenvalue weighted by molar-refractivity contribution is 7.18. The normalized spacial score (nSPS) is 25.0. The van der Waals surface area contributed by atoms with Crippen LogP contribution in [0.25, 0.3) is 10.2 Å². The molecule has 0 aromatic carbocycles. The predicted octanol–water partition coefficient (Wildman–Crippen LogP) is 1.35. The number of H-pyrrole nitrogens is 1. The number of nitrogens with one attached hydrogen (secondary N) is 1. The van der Waals surface area contributed by atoms with Gasteiger partial charge >= 0.3 is 5.97 Å². The first-order valence-electron chi connectivity index (χ1n) is 7.49. The number of likely N-dealkylation sites (tertiary alicyclic amines) is 1. The first kappa shape index (κ1) is 13.9. The van der Waals surface area contributed by atoms with E-state index in [1.165, 1.54) is 16.2 Å². The van der Waals surface area contributed by atoms with Crippen LogP contribution in [0.4, 0.5) is 0 Å². The van der Waals surface area contributed by atoms with Gasteiger partial charge < -0.3 is 15.0 Å². The molecule has 0 amide bonds. The Kier molecular flexibility index (Phi) is 3.09. The molecular weight excluding hydrogens is 302 g/mol. The number of carboxylic acids is 1. The van der Waals surface area contributed by atoms with E-state index in [-0.39, 0.29) is 11.4 Å². The van der Waals surface area contributed by atoms with E-state index in [9.17, 15) is 9.59 Å². The summed E-state index contributed by atoms with van der Waals surface area (Å²) in [5.41, 5.74) is 0.794. The third-order valence-corrected chi connectivity index (χ3v) is 6.10. The zero-order valence-corrected chi connectivity index (χ0v) is 13.1. The Morgan fingerprint density at radius 1 is 1.41 bits per heavy atom. The maximum Gasteiger partial charge on any atom is 0.372 e. The fourth-order valence-corrected chi connectivity index (χ4v) is 5.15. The molecule has 2 atom stereocenters. The quantitative estimate of drug-likeness (QED) is 0.828. The molecule has 1 saturated heterocycles. The van der Waals surface area contributed by atoms with Gasteiger partial charge in [0.25, 0.3) is 5.56 Å². The van der Waals surface area contributed by atoms with Gasteiger partial charge in [-0.15, -0.1) is 11.3 Å². The fraction of sp³-hybridized carbons (Fsp3) is 0.533. The maximum absolute atomic E-state index is 12.3. The summed E-state index contributed by atoms with van der Waals surface area (Å²) in [5.74, 6) is -0.202. The van der Waals surface area contributed by atoms with Crippen molar-refractivity contribution in [1.29, 1.82) is 0 Å². The van der Waals surface area contributed by atoms with E-state index in [1.807, 2.05) is 0 Å². The molecule has 0 saturated carbocycles. The molecule has 0 radical (unpaired) electrons. The van der Waals surface area contributed by atoms with E-state index in [0.29, 0.717) is 22.1 Å². The van der Waals surface area contributed by atoms with Gasteiger partial charge in [-0.3, -0.25) is 4.79 Å². The van der Waals surface area contributed by atoms with Crippen molar-refractivity contribution in [3.63, 3.8) is 0 Å². The van der Waals surface area contributed by atoms with Crippen LogP contribution in [0.15, 0.2) is 4.79 Å². The standard InChI is InChI=1S/C15H17N3O3S/c1-18-3-2-7-4-9-10(5-8(7)6-18)22-14-11(9)13(19)16-12(17-14)15(20)21/h7-8H,2-6H2,1H3,(H,20,21)(H,16,17,19). The Morgan fingerprint density at radius 3 is 3.00 bits per heavy atom. The van der Waals surface area contributed by atoms with Crippen molar-refractivity contribution in [1.82, 2.24) is 14.9 Å². The summed E-state index contributed by atoms with van der Waals surface area (Å²) < 4.78 is 0. The molecule has 116 valence electrons. The van der Waals surface area contributed by atoms with Gasteiger partial charge in [-0.25, -0.2) is 9.78 Å². The average molecular weight is 319 g/mol. The molecule has 2 N–H and O–H groups in total. The van der Waals surface area contributed by atoms with E-state index in [4.69, 9.17) is 5.11 Å². The van der Waals surface area contributed by atoms with Crippen LogP contribution in [0.3, 0.4) is 0 Å². The van der Waals surface area contributed by atoms with Crippen LogP contribution < -0.4 is 5.56 Å². The Labute approximate surface area is 130 Å². The fourth-order valence-electron chi connectivity index (χ4n) is 3.86. The summed E-state index contributed by atoms with van der Waals surface area (Å²) in [6, 6.07) is 0. The minimum atomic E-state index is -1.19. The molecule has 4 rings (SSSR count). The van der Waals surface area contributed by atoms with Crippen LogP contribution >= 0.6 is 11.3 Å². The average Bonchev–Trinajstić information content (AvgIpc) is 2.82. The first-order valence-corrected chi connectivity index (χ1v) is 8.31. The summed E-state index contributed by atoms with van der Waals surface area (Å²) in [4.78, 5) is 34.0. The topological polar surface area (TPSA) is 86.3 Å². The molecule has 1 aliphatic heterocycles. The lowest BCUT2D eigenvalue weighted by Crippen LogP contribution is -2.41. The second-order valence-electron chi connectivity index (χ2n) is 6.38. The Morgan fingerprint density at radius 2 is 2.23 bits per heavy atom. The highest BCUT2D eigenvalue weighted by Crippen LogP contribution is 2.41. The Balaban J connectivity index is 1.83. The number of hydrogen-bond acceptors (Lipinski definition) is 5. The van der Waals surface area contributed by atoms with E-state index < -0.39 is 5.97 Å². The number of aromatic nitrogens is 2. The largest absolute Gasteiger partial charge is 0.475 e. The lowest BCUT2D eigenvalue weighted by atomic mass is 9.74. The van der Waals surface area contributed by atoms with Crippen molar-refractivity contribution in [2.45, 2.75) is 19.3 Å². The molecule has 0 bridgehead atoms. The SMILES string of the molecule is CN1CCC2Cc3c(sc4nc(C(=O)O)[nH]c(=O)c34)CC2C1. The molecule has 2 aromatic heterocycles. The van der Waals surface area contributed by atoms with Gasteiger partial charge in [0.15, 0.2) is 0 Å². The van der Waals surface area contributed by atoms with E-state index in [1.54, 1.807) is 0 Å². The van der Waals surface area contributed by atoms with Gasteiger partial charge in [0.05, 0.1) is 5.39 Å². The second-order valence-corrected chi connectivity index (χ2v) is 7.47. The zero-order valence-electron chi connectivity index (χ0n) is 12.3. The summed E-state index contributed by atoms with van der Waals surface area (Å²) in [7, 11) is 2.15. The number of nitrogens with zero attached hydrogens (tertiary/aromatic N) is 2. The van der Waals surface area contributed by atoms with E-state index in [2.05, 4.69) is 21.9 Å².